The molecule has 0 bridgehead atoms. The number of sulfone groups is 1. The predicted molar refractivity (Wildman–Crippen MR) is 106 cm³/mol. The number of nitrogens with one attached hydrogen (secondary N) is 1. The first kappa shape index (κ1) is 21.5. The summed E-state index contributed by atoms with van der Waals surface area (Å²) >= 11 is 0. The fourth-order valence-electron chi connectivity index (χ4n) is 3.29. The zero-order valence-electron chi connectivity index (χ0n) is 16.0. The third-order valence-corrected chi connectivity index (χ3v) is 6.22. The number of rotatable bonds is 4. The number of benzene rings is 2. The number of carbonyl (C=O) groups excluding carboxylic acids is 1. The molecule has 0 saturated heterocycles. The molecule has 3 aromatic rings. The minimum absolute atomic E-state index is 0.0302. The van der Waals surface area contributed by atoms with Gasteiger partial charge < -0.3 is 5.32 Å². The molecule has 166 valence electrons. The summed E-state index contributed by atoms with van der Waals surface area (Å²) < 4.78 is 64.2. The number of hydrogen-bond donors (Lipinski definition) is 1. The second-order valence-corrected chi connectivity index (χ2v) is 9.09. The molecule has 0 radical (unpaired) electrons. The molecule has 0 unspecified atom stereocenters. The molecule has 13 heteroatoms. The highest BCUT2D eigenvalue weighted by Crippen LogP contribution is 2.34. The van der Waals surface area contributed by atoms with Gasteiger partial charge in [-0.2, -0.15) is 18.3 Å². The molecule has 1 N–H and O–H groups in total. The third kappa shape index (κ3) is 4.06. The van der Waals surface area contributed by atoms with E-state index in [1.54, 1.807) is 0 Å². The number of anilines is 1. The number of non-ortho nitro benzene ring substituents is 1. The van der Waals surface area contributed by atoms with Gasteiger partial charge in [0.15, 0.2) is 9.84 Å². The van der Waals surface area contributed by atoms with Crippen molar-refractivity contribution in [3.05, 3.63) is 81.0 Å². The van der Waals surface area contributed by atoms with Crippen LogP contribution in [-0.4, -0.2) is 29.0 Å². The fourth-order valence-corrected chi connectivity index (χ4v) is 4.78. The average molecular weight is 466 g/mol. The van der Waals surface area contributed by atoms with Crippen LogP contribution in [0.2, 0.25) is 0 Å². The second-order valence-electron chi connectivity index (χ2n) is 7.02. The van der Waals surface area contributed by atoms with Crippen LogP contribution in [0.4, 0.5) is 24.7 Å². The summed E-state index contributed by atoms with van der Waals surface area (Å²) in [5.74, 6) is -1.70. The van der Waals surface area contributed by atoms with Crippen molar-refractivity contribution >= 4 is 27.2 Å². The standard InChI is InChI=1S/C19H13F3N4O5S/c20-19(21,22)12-3-1-2-11(8-12)18(27)23-17-15-9-32(30,31)10-16(15)24-25(17)13-4-6-14(7-5-13)26(28)29/h1-8H,9-10H2,(H,23,27). The molecule has 1 aliphatic heterocycles. The Kier molecular flexibility index (Phi) is 5.00. The van der Waals surface area contributed by atoms with E-state index in [1.807, 2.05) is 0 Å². The maximum Gasteiger partial charge on any atom is 0.416 e. The highest BCUT2D eigenvalue weighted by Gasteiger charge is 2.34. The summed E-state index contributed by atoms with van der Waals surface area (Å²) in [6.07, 6.45) is -4.65. The lowest BCUT2D eigenvalue weighted by molar-refractivity contribution is -0.384. The molecule has 2 heterocycles. The van der Waals surface area contributed by atoms with E-state index in [1.165, 1.54) is 35.0 Å². The summed E-state index contributed by atoms with van der Waals surface area (Å²) in [5, 5.41) is 17.5. The number of halogens is 3. The van der Waals surface area contributed by atoms with Crippen molar-refractivity contribution < 1.29 is 31.3 Å². The Morgan fingerprint density at radius 3 is 2.44 bits per heavy atom. The summed E-state index contributed by atoms with van der Waals surface area (Å²) in [4.78, 5) is 23.0. The number of nitrogens with zero attached hydrogens (tertiary/aromatic N) is 3. The van der Waals surface area contributed by atoms with Gasteiger partial charge in [-0.25, -0.2) is 13.1 Å². The molecule has 1 amide bonds. The molecule has 1 aliphatic rings. The van der Waals surface area contributed by atoms with Crippen LogP contribution in [0.15, 0.2) is 48.5 Å². The number of nitro groups is 1. The zero-order chi connectivity index (χ0) is 23.3. The van der Waals surface area contributed by atoms with E-state index in [0.29, 0.717) is 11.8 Å². The van der Waals surface area contributed by atoms with Gasteiger partial charge in [-0.3, -0.25) is 14.9 Å². The number of carbonyl (C=O) groups is 1. The average Bonchev–Trinajstić information content (AvgIpc) is 3.20. The van der Waals surface area contributed by atoms with Gasteiger partial charge in [0, 0.05) is 23.3 Å². The summed E-state index contributed by atoms with van der Waals surface area (Å²) in [5.41, 5.74) is -0.800. The monoisotopic (exact) mass is 466 g/mol. The van der Waals surface area contributed by atoms with Crippen LogP contribution in [0.25, 0.3) is 5.69 Å². The summed E-state index contributed by atoms with van der Waals surface area (Å²) in [6.45, 7) is 0. The molecule has 0 fully saturated rings. The van der Waals surface area contributed by atoms with Gasteiger partial charge in [0.25, 0.3) is 11.6 Å². The van der Waals surface area contributed by atoms with Crippen molar-refractivity contribution in [1.29, 1.82) is 0 Å². The number of nitro benzene ring substituents is 1. The minimum atomic E-state index is -4.65. The molecule has 9 nitrogen and oxygen atoms in total. The van der Waals surface area contributed by atoms with Gasteiger partial charge in [-0.05, 0) is 30.3 Å². The molecule has 0 spiro atoms. The molecule has 2 aromatic carbocycles. The van der Waals surface area contributed by atoms with E-state index in [-0.39, 0.29) is 34.1 Å². The van der Waals surface area contributed by atoms with Crippen LogP contribution in [0.5, 0.6) is 0 Å². The van der Waals surface area contributed by atoms with Gasteiger partial charge in [-0.1, -0.05) is 6.07 Å². The van der Waals surface area contributed by atoms with Crippen LogP contribution in [0.3, 0.4) is 0 Å². The lowest BCUT2D eigenvalue weighted by atomic mass is 10.1. The smallest absolute Gasteiger partial charge is 0.306 e. The first-order valence-electron chi connectivity index (χ1n) is 8.99. The van der Waals surface area contributed by atoms with E-state index in [0.717, 1.165) is 12.1 Å². The second kappa shape index (κ2) is 7.44. The van der Waals surface area contributed by atoms with E-state index in [9.17, 15) is 36.5 Å². The number of amides is 1. The maximum absolute atomic E-state index is 13.0. The molecule has 0 saturated carbocycles. The van der Waals surface area contributed by atoms with Crippen LogP contribution >= 0.6 is 0 Å². The van der Waals surface area contributed by atoms with E-state index >= 15 is 0 Å². The van der Waals surface area contributed by atoms with Crippen molar-refractivity contribution in [2.75, 3.05) is 5.32 Å². The predicted octanol–water partition coefficient (Wildman–Crippen LogP) is 3.48. The highest BCUT2D eigenvalue weighted by molar-refractivity contribution is 7.90. The number of hydrogen-bond acceptors (Lipinski definition) is 6. The molecule has 0 aliphatic carbocycles. The largest absolute Gasteiger partial charge is 0.416 e. The van der Waals surface area contributed by atoms with Crippen molar-refractivity contribution in [1.82, 2.24) is 9.78 Å². The van der Waals surface area contributed by atoms with Crippen molar-refractivity contribution in [3.8, 4) is 5.69 Å². The molecule has 4 rings (SSSR count). The number of aromatic nitrogens is 2. The summed E-state index contributed by atoms with van der Waals surface area (Å²) in [7, 11) is -3.49. The summed E-state index contributed by atoms with van der Waals surface area (Å²) in [6, 6.07) is 8.90. The fraction of sp³-hybridized carbons (Fsp3) is 0.158. The Bertz CT molecular complexity index is 1350. The van der Waals surface area contributed by atoms with E-state index in [2.05, 4.69) is 10.4 Å². The topological polar surface area (TPSA) is 124 Å². The Labute approximate surface area is 178 Å². The lowest BCUT2D eigenvalue weighted by Gasteiger charge is -2.12. The Hall–Kier alpha value is -3.74. The van der Waals surface area contributed by atoms with E-state index in [4.69, 9.17) is 0 Å². The SMILES string of the molecule is O=C(Nc1c2c(nn1-c1ccc([N+](=O)[O-])cc1)CS(=O)(=O)C2)c1cccc(C(F)(F)F)c1. The van der Waals surface area contributed by atoms with E-state index < -0.39 is 38.2 Å². The molecule has 1 aromatic heterocycles. The molecule has 32 heavy (non-hydrogen) atoms. The van der Waals surface area contributed by atoms with Gasteiger partial charge in [0.2, 0.25) is 0 Å². The third-order valence-electron chi connectivity index (χ3n) is 4.78. The van der Waals surface area contributed by atoms with Crippen molar-refractivity contribution in [3.63, 3.8) is 0 Å². The number of alkyl halides is 3. The highest BCUT2D eigenvalue weighted by atomic mass is 32.2. The molecular weight excluding hydrogens is 453 g/mol. The number of fused-ring (bicyclic) bond motifs is 1. The van der Waals surface area contributed by atoms with Crippen LogP contribution in [-0.2, 0) is 27.5 Å². The van der Waals surface area contributed by atoms with Crippen molar-refractivity contribution in [2.24, 2.45) is 0 Å². The Morgan fingerprint density at radius 2 is 1.81 bits per heavy atom. The van der Waals surface area contributed by atoms with Crippen LogP contribution in [0, 0.1) is 10.1 Å². The normalized spacial score (nSPS) is 14.7. The Morgan fingerprint density at radius 1 is 1.12 bits per heavy atom. The van der Waals surface area contributed by atoms with Gasteiger partial charge in [0.1, 0.15) is 5.82 Å². The zero-order valence-corrected chi connectivity index (χ0v) is 16.8. The quantitative estimate of drug-likeness (QED) is 0.464. The first-order valence-corrected chi connectivity index (χ1v) is 10.8. The Balaban J connectivity index is 1.75. The van der Waals surface area contributed by atoms with Gasteiger partial charge in [0.05, 0.1) is 33.4 Å². The first-order chi connectivity index (χ1) is 14.9. The lowest BCUT2D eigenvalue weighted by Crippen LogP contribution is -2.18. The van der Waals surface area contributed by atoms with Crippen molar-refractivity contribution in [2.45, 2.75) is 17.7 Å². The molecular formula is C19H13F3N4O5S. The van der Waals surface area contributed by atoms with Crippen LogP contribution in [0.1, 0.15) is 27.2 Å². The van der Waals surface area contributed by atoms with Gasteiger partial charge in [-0.15, -0.1) is 0 Å². The molecule has 0 atom stereocenters. The minimum Gasteiger partial charge on any atom is -0.306 e. The van der Waals surface area contributed by atoms with Gasteiger partial charge >= 0.3 is 6.18 Å². The van der Waals surface area contributed by atoms with Crippen LogP contribution < -0.4 is 5.32 Å². The maximum atomic E-state index is 13.0.